The lowest BCUT2D eigenvalue weighted by molar-refractivity contribution is -0.384. The Labute approximate surface area is 175 Å². The zero-order valence-electron chi connectivity index (χ0n) is 15.0. The smallest absolute Gasteiger partial charge is 0.271 e. The Balaban J connectivity index is 1.62. The average molecular weight is 422 g/mol. The van der Waals surface area contributed by atoms with Gasteiger partial charge in [0.25, 0.3) is 11.6 Å². The summed E-state index contributed by atoms with van der Waals surface area (Å²) in [4.78, 5) is 29.6. The van der Waals surface area contributed by atoms with E-state index in [9.17, 15) is 14.9 Å². The maximum Gasteiger partial charge on any atom is 0.271 e. The third-order valence-corrected chi connectivity index (χ3v) is 5.69. The highest BCUT2D eigenvalue weighted by atomic mass is 32.2. The fourth-order valence-corrected chi connectivity index (χ4v) is 4.19. The molecule has 0 saturated carbocycles. The molecule has 1 aliphatic rings. The summed E-state index contributed by atoms with van der Waals surface area (Å²) in [7, 11) is 0. The van der Waals surface area contributed by atoms with E-state index in [4.69, 9.17) is 12.2 Å². The first-order chi connectivity index (χ1) is 14.0. The number of hydrogen-bond acceptors (Lipinski definition) is 6. The molecule has 7 nitrogen and oxygen atoms in total. The number of nitro groups is 1. The molecule has 29 heavy (non-hydrogen) atoms. The van der Waals surface area contributed by atoms with Crippen LogP contribution in [0.2, 0.25) is 0 Å². The van der Waals surface area contributed by atoms with Crippen molar-refractivity contribution < 1.29 is 9.72 Å². The van der Waals surface area contributed by atoms with E-state index in [-0.39, 0.29) is 11.6 Å². The first-order valence-corrected chi connectivity index (χ1v) is 9.82. The van der Waals surface area contributed by atoms with Crippen molar-refractivity contribution in [2.24, 2.45) is 0 Å². The van der Waals surface area contributed by atoms with Crippen LogP contribution >= 0.6 is 24.0 Å². The molecular weight excluding hydrogens is 408 g/mol. The Morgan fingerprint density at radius 1 is 1.21 bits per heavy atom. The number of carbonyl (C=O) groups excluding carboxylic acids is 1. The zero-order valence-corrected chi connectivity index (χ0v) is 16.6. The van der Waals surface area contributed by atoms with Crippen LogP contribution in [0.25, 0.3) is 11.8 Å². The second-order valence-electron chi connectivity index (χ2n) is 6.21. The Kier molecular flexibility index (Phi) is 5.24. The molecule has 0 aliphatic carbocycles. The minimum absolute atomic E-state index is 0.00458. The van der Waals surface area contributed by atoms with E-state index in [1.807, 2.05) is 24.3 Å². The van der Waals surface area contributed by atoms with E-state index >= 15 is 0 Å². The summed E-state index contributed by atoms with van der Waals surface area (Å²) < 4.78 is 2.28. The van der Waals surface area contributed by atoms with Crippen LogP contribution in [-0.4, -0.2) is 29.6 Å². The van der Waals surface area contributed by atoms with E-state index in [0.29, 0.717) is 21.5 Å². The number of nitrogens with zero attached hydrogens (tertiary/aromatic N) is 4. The molecule has 4 rings (SSSR count). The van der Waals surface area contributed by atoms with Gasteiger partial charge in [0.1, 0.15) is 4.32 Å². The van der Waals surface area contributed by atoms with Gasteiger partial charge in [0.05, 0.1) is 22.1 Å². The molecule has 0 N–H and O–H groups in total. The van der Waals surface area contributed by atoms with Crippen molar-refractivity contribution >= 4 is 46.0 Å². The third kappa shape index (κ3) is 3.96. The van der Waals surface area contributed by atoms with Crippen LogP contribution in [0, 0.1) is 10.1 Å². The topological polar surface area (TPSA) is 81.3 Å². The van der Waals surface area contributed by atoms with Gasteiger partial charge in [-0.3, -0.25) is 24.8 Å². The Morgan fingerprint density at radius 2 is 2.07 bits per heavy atom. The van der Waals surface area contributed by atoms with Crippen molar-refractivity contribution in [3.63, 3.8) is 0 Å². The largest absolute Gasteiger partial charge is 0.317 e. The van der Waals surface area contributed by atoms with Crippen LogP contribution in [0.3, 0.4) is 0 Å². The third-order valence-electron chi connectivity index (χ3n) is 4.32. The van der Waals surface area contributed by atoms with E-state index < -0.39 is 4.92 Å². The molecule has 1 amide bonds. The maximum atomic E-state index is 12.9. The molecule has 0 unspecified atom stereocenters. The monoisotopic (exact) mass is 422 g/mol. The fraction of sp³-hybridized carbons (Fsp3) is 0.0500. The van der Waals surface area contributed by atoms with Crippen molar-refractivity contribution in [3.05, 3.63) is 93.4 Å². The standard InChI is InChI=1S/C20H14N4O3S2/c25-19-18(29-20(28)23(19)13-14-4-2-8-21-12-14)11-16-7-3-9-22(16)15-5-1-6-17(10-15)24(26)27/h1-12H,13H2. The van der Waals surface area contributed by atoms with Crippen LogP contribution in [0.5, 0.6) is 0 Å². The number of pyridine rings is 1. The molecule has 1 saturated heterocycles. The number of hydrogen-bond donors (Lipinski definition) is 0. The lowest BCUT2D eigenvalue weighted by Gasteiger charge is -2.13. The molecule has 1 aliphatic heterocycles. The molecule has 3 aromatic rings. The highest BCUT2D eigenvalue weighted by molar-refractivity contribution is 8.26. The van der Waals surface area contributed by atoms with Gasteiger partial charge in [-0.15, -0.1) is 0 Å². The first kappa shape index (κ1) is 19.0. The molecule has 1 fully saturated rings. The van der Waals surface area contributed by atoms with E-state index in [1.54, 1.807) is 46.3 Å². The SMILES string of the molecule is O=C1C(=Cc2cccn2-c2cccc([N+](=O)[O-])c2)SC(=S)N1Cc1cccnc1. The van der Waals surface area contributed by atoms with Crippen molar-refractivity contribution in [1.29, 1.82) is 0 Å². The molecule has 3 heterocycles. The molecular formula is C20H14N4O3S2. The molecule has 0 atom stereocenters. The van der Waals surface area contributed by atoms with E-state index in [0.717, 1.165) is 11.3 Å². The molecule has 0 spiro atoms. The normalized spacial score (nSPS) is 15.3. The Bertz CT molecular complexity index is 1140. The molecule has 9 heteroatoms. The minimum Gasteiger partial charge on any atom is -0.317 e. The molecule has 2 aromatic heterocycles. The number of carbonyl (C=O) groups is 1. The van der Waals surface area contributed by atoms with Gasteiger partial charge in [0.15, 0.2) is 0 Å². The van der Waals surface area contributed by atoms with Gasteiger partial charge in [-0.1, -0.05) is 36.1 Å². The highest BCUT2D eigenvalue weighted by Gasteiger charge is 2.32. The number of nitro benzene ring substituents is 1. The van der Waals surface area contributed by atoms with E-state index in [2.05, 4.69) is 4.98 Å². The predicted octanol–water partition coefficient (Wildman–Crippen LogP) is 4.18. The number of non-ortho nitro benzene ring substituents is 1. The van der Waals surface area contributed by atoms with Gasteiger partial charge in [-0.2, -0.15) is 0 Å². The van der Waals surface area contributed by atoms with Gasteiger partial charge >= 0.3 is 0 Å². The van der Waals surface area contributed by atoms with Gasteiger partial charge < -0.3 is 4.57 Å². The van der Waals surface area contributed by atoms with Gasteiger partial charge in [-0.05, 0) is 35.9 Å². The zero-order chi connectivity index (χ0) is 20.4. The van der Waals surface area contributed by atoms with Gasteiger partial charge in [0, 0.05) is 36.4 Å². The lowest BCUT2D eigenvalue weighted by Crippen LogP contribution is -2.27. The number of rotatable bonds is 5. The summed E-state index contributed by atoms with van der Waals surface area (Å²) in [5, 5.41) is 11.1. The summed E-state index contributed by atoms with van der Waals surface area (Å²) in [5.41, 5.74) is 2.27. The van der Waals surface area contributed by atoms with Crippen LogP contribution in [0.15, 0.2) is 72.0 Å². The summed E-state index contributed by atoms with van der Waals surface area (Å²) in [5.74, 6) is -0.171. The number of amides is 1. The quantitative estimate of drug-likeness (QED) is 0.266. The Morgan fingerprint density at radius 3 is 2.83 bits per heavy atom. The van der Waals surface area contributed by atoms with Crippen molar-refractivity contribution in [2.75, 3.05) is 0 Å². The van der Waals surface area contributed by atoms with Crippen molar-refractivity contribution in [3.8, 4) is 5.69 Å². The summed E-state index contributed by atoms with van der Waals surface area (Å²) in [6.07, 6.45) is 6.92. The summed E-state index contributed by atoms with van der Waals surface area (Å²) >= 11 is 6.62. The maximum absolute atomic E-state index is 12.9. The lowest BCUT2D eigenvalue weighted by atomic mass is 10.2. The van der Waals surface area contributed by atoms with E-state index in [1.165, 1.54) is 23.9 Å². The minimum atomic E-state index is -0.434. The molecule has 144 valence electrons. The van der Waals surface area contributed by atoms with Gasteiger partial charge in [0.2, 0.25) is 0 Å². The molecule has 1 aromatic carbocycles. The highest BCUT2D eigenvalue weighted by Crippen LogP contribution is 2.34. The van der Waals surface area contributed by atoms with Crippen LogP contribution in [0.1, 0.15) is 11.3 Å². The van der Waals surface area contributed by atoms with Crippen molar-refractivity contribution in [2.45, 2.75) is 6.54 Å². The first-order valence-electron chi connectivity index (χ1n) is 8.59. The second kappa shape index (κ2) is 7.98. The Hall–Kier alpha value is -3.30. The molecule has 0 bridgehead atoms. The fourth-order valence-electron chi connectivity index (χ4n) is 2.95. The van der Waals surface area contributed by atoms with Crippen LogP contribution in [0.4, 0.5) is 5.69 Å². The van der Waals surface area contributed by atoms with Crippen LogP contribution < -0.4 is 0 Å². The summed E-state index contributed by atoms with van der Waals surface area (Å²) in [6.45, 7) is 0.363. The average Bonchev–Trinajstić information content (AvgIpc) is 3.29. The van der Waals surface area contributed by atoms with Crippen LogP contribution in [-0.2, 0) is 11.3 Å². The molecule has 0 radical (unpaired) electrons. The summed E-state index contributed by atoms with van der Waals surface area (Å²) in [6, 6.07) is 13.7. The number of thiocarbonyl (C=S) groups is 1. The second-order valence-corrected chi connectivity index (χ2v) is 7.88. The van der Waals surface area contributed by atoms with Gasteiger partial charge in [-0.25, -0.2) is 0 Å². The predicted molar refractivity (Wildman–Crippen MR) is 115 cm³/mol. The van der Waals surface area contributed by atoms with Crippen molar-refractivity contribution in [1.82, 2.24) is 14.5 Å². The number of benzene rings is 1. The number of thioether (sulfide) groups is 1. The number of aromatic nitrogens is 2.